The number of ether oxygens (including phenoxy) is 1. The number of alkyl halides is 4. The SMILES string of the molecule is COCc1ccc([C@](F)(CNC(C)=O)C(F)(F)F)cc1. The maximum absolute atomic E-state index is 14.3. The number of methoxy groups -OCH3 is 1. The Bertz CT molecular complexity index is 458. The fraction of sp³-hybridized carbons (Fsp3) is 0.462. The molecule has 1 rings (SSSR count). The zero-order valence-electron chi connectivity index (χ0n) is 11.1. The van der Waals surface area contributed by atoms with Crippen molar-refractivity contribution in [3.8, 4) is 0 Å². The molecule has 1 aromatic carbocycles. The molecule has 1 amide bonds. The molecule has 1 N–H and O–H groups in total. The van der Waals surface area contributed by atoms with Gasteiger partial charge >= 0.3 is 6.18 Å². The Balaban J connectivity index is 3.07. The highest BCUT2D eigenvalue weighted by Crippen LogP contribution is 2.42. The first-order valence-electron chi connectivity index (χ1n) is 5.79. The second-order valence-corrected chi connectivity index (χ2v) is 4.34. The number of carbonyl (C=O) groups excluding carboxylic acids is 1. The van der Waals surface area contributed by atoms with Gasteiger partial charge < -0.3 is 10.1 Å². The van der Waals surface area contributed by atoms with Crippen LogP contribution in [0, 0.1) is 0 Å². The maximum atomic E-state index is 14.3. The quantitative estimate of drug-likeness (QED) is 0.848. The number of nitrogens with one attached hydrogen (secondary N) is 1. The molecule has 3 nitrogen and oxygen atoms in total. The summed E-state index contributed by atoms with van der Waals surface area (Å²) in [6.07, 6.45) is -5.13. The number of benzene rings is 1. The summed E-state index contributed by atoms with van der Waals surface area (Å²) in [6, 6.07) is 4.80. The van der Waals surface area contributed by atoms with E-state index in [9.17, 15) is 22.4 Å². The van der Waals surface area contributed by atoms with Crippen molar-refractivity contribution >= 4 is 5.91 Å². The van der Waals surface area contributed by atoms with Gasteiger partial charge in [0.2, 0.25) is 11.6 Å². The Morgan fingerprint density at radius 1 is 1.20 bits per heavy atom. The minimum absolute atomic E-state index is 0.220. The van der Waals surface area contributed by atoms with Gasteiger partial charge in [-0.1, -0.05) is 24.3 Å². The van der Waals surface area contributed by atoms with E-state index in [1.54, 1.807) is 0 Å². The predicted molar refractivity (Wildman–Crippen MR) is 64.7 cm³/mol. The molecule has 0 aliphatic heterocycles. The summed E-state index contributed by atoms with van der Waals surface area (Å²) in [5.74, 6) is -0.729. The molecule has 112 valence electrons. The third-order valence-electron chi connectivity index (χ3n) is 2.75. The lowest BCUT2D eigenvalue weighted by Gasteiger charge is -2.28. The van der Waals surface area contributed by atoms with Crippen molar-refractivity contribution in [1.82, 2.24) is 5.32 Å². The fourth-order valence-electron chi connectivity index (χ4n) is 1.64. The van der Waals surface area contributed by atoms with Gasteiger partial charge in [-0.2, -0.15) is 13.2 Å². The summed E-state index contributed by atoms with van der Waals surface area (Å²) in [5, 5.41) is 1.87. The van der Waals surface area contributed by atoms with Gasteiger partial charge in [0.25, 0.3) is 0 Å². The van der Waals surface area contributed by atoms with Crippen LogP contribution in [0.2, 0.25) is 0 Å². The topological polar surface area (TPSA) is 38.3 Å². The van der Waals surface area contributed by atoms with Gasteiger partial charge in [-0.15, -0.1) is 0 Å². The van der Waals surface area contributed by atoms with Crippen molar-refractivity contribution in [3.63, 3.8) is 0 Å². The van der Waals surface area contributed by atoms with E-state index in [1.165, 1.54) is 19.2 Å². The van der Waals surface area contributed by atoms with Crippen LogP contribution in [0.25, 0.3) is 0 Å². The van der Waals surface area contributed by atoms with Crippen molar-refractivity contribution in [2.75, 3.05) is 13.7 Å². The molecule has 1 aromatic rings. The van der Waals surface area contributed by atoms with E-state index in [1.807, 2.05) is 5.32 Å². The monoisotopic (exact) mass is 293 g/mol. The second-order valence-electron chi connectivity index (χ2n) is 4.34. The lowest BCUT2D eigenvalue weighted by atomic mass is 9.94. The molecule has 1 atom stereocenters. The summed E-state index contributed by atoms with van der Waals surface area (Å²) in [7, 11) is 1.44. The Labute approximate surface area is 113 Å². The van der Waals surface area contributed by atoms with Crippen LogP contribution in [0.3, 0.4) is 0 Å². The number of hydrogen-bond acceptors (Lipinski definition) is 2. The first-order chi connectivity index (χ1) is 9.20. The van der Waals surface area contributed by atoms with Gasteiger partial charge in [-0.3, -0.25) is 4.79 Å². The highest BCUT2D eigenvalue weighted by atomic mass is 19.4. The van der Waals surface area contributed by atoms with Gasteiger partial charge in [0.15, 0.2) is 0 Å². The van der Waals surface area contributed by atoms with E-state index in [2.05, 4.69) is 0 Å². The molecule has 0 bridgehead atoms. The van der Waals surface area contributed by atoms with Crippen molar-refractivity contribution < 1.29 is 27.1 Å². The highest BCUT2D eigenvalue weighted by Gasteiger charge is 2.57. The second kappa shape index (κ2) is 6.21. The molecule has 0 aliphatic rings. The maximum Gasteiger partial charge on any atom is 0.428 e. The molecule has 0 saturated carbocycles. The fourth-order valence-corrected chi connectivity index (χ4v) is 1.64. The molecule has 0 saturated heterocycles. The standard InChI is InChI=1S/C13H15F4NO2/c1-9(19)18-8-12(14,13(15,16)17)11-5-3-10(4-6-11)7-20-2/h3-6H,7-8H2,1-2H3,(H,18,19)/t12-/m1/s1. The molecule has 0 aliphatic carbocycles. The van der Waals surface area contributed by atoms with Crippen LogP contribution in [0.4, 0.5) is 17.6 Å². The van der Waals surface area contributed by atoms with E-state index < -0.39 is 29.9 Å². The number of hydrogen-bond donors (Lipinski definition) is 1. The number of halogens is 4. The Morgan fingerprint density at radius 2 is 1.75 bits per heavy atom. The van der Waals surface area contributed by atoms with Crippen molar-refractivity contribution in [1.29, 1.82) is 0 Å². The largest absolute Gasteiger partial charge is 0.428 e. The normalized spacial score (nSPS) is 14.7. The van der Waals surface area contributed by atoms with Crippen LogP contribution < -0.4 is 5.32 Å². The van der Waals surface area contributed by atoms with Crippen molar-refractivity contribution in [2.45, 2.75) is 25.4 Å². The Hall–Kier alpha value is -1.63. The van der Waals surface area contributed by atoms with Crippen molar-refractivity contribution in [3.05, 3.63) is 35.4 Å². The first kappa shape index (κ1) is 16.4. The smallest absolute Gasteiger partial charge is 0.380 e. The first-order valence-corrected chi connectivity index (χ1v) is 5.79. The molecule has 0 radical (unpaired) electrons. The van der Waals surface area contributed by atoms with Gasteiger partial charge in [0.1, 0.15) is 0 Å². The molecule has 0 fully saturated rings. The summed E-state index contributed by atoms with van der Waals surface area (Å²) in [4.78, 5) is 10.7. The lowest BCUT2D eigenvalue weighted by molar-refractivity contribution is -0.233. The lowest BCUT2D eigenvalue weighted by Crippen LogP contribution is -2.47. The van der Waals surface area contributed by atoms with E-state index in [-0.39, 0.29) is 6.61 Å². The van der Waals surface area contributed by atoms with Gasteiger partial charge in [-0.25, -0.2) is 4.39 Å². The van der Waals surface area contributed by atoms with Gasteiger partial charge in [-0.05, 0) is 5.56 Å². The van der Waals surface area contributed by atoms with Crippen LogP contribution in [0.5, 0.6) is 0 Å². The van der Waals surface area contributed by atoms with E-state index in [0.29, 0.717) is 5.56 Å². The number of rotatable bonds is 5. The van der Waals surface area contributed by atoms with Crippen LogP contribution in [-0.2, 0) is 21.8 Å². The molecule has 0 unspecified atom stereocenters. The van der Waals surface area contributed by atoms with Crippen LogP contribution in [-0.4, -0.2) is 25.7 Å². The molecule has 0 aromatic heterocycles. The van der Waals surface area contributed by atoms with Crippen molar-refractivity contribution in [2.24, 2.45) is 0 Å². The van der Waals surface area contributed by atoms with Gasteiger partial charge in [0, 0.05) is 19.6 Å². The van der Waals surface area contributed by atoms with Gasteiger partial charge in [0.05, 0.1) is 13.2 Å². The molecule has 0 heterocycles. The predicted octanol–water partition coefficient (Wildman–Crippen LogP) is 2.70. The minimum atomic E-state index is -5.13. The molecule has 20 heavy (non-hydrogen) atoms. The Kier molecular flexibility index (Phi) is 5.10. The molecule has 7 heteroatoms. The zero-order valence-corrected chi connectivity index (χ0v) is 11.1. The van der Waals surface area contributed by atoms with E-state index >= 15 is 0 Å². The molecular formula is C13H15F4NO2. The molecular weight excluding hydrogens is 278 g/mol. The third-order valence-corrected chi connectivity index (χ3v) is 2.75. The van der Waals surface area contributed by atoms with Crippen LogP contribution in [0.1, 0.15) is 18.1 Å². The van der Waals surface area contributed by atoms with Crippen LogP contribution in [0.15, 0.2) is 24.3 Å². The average molecular weight is 293 g/mol. The van der Waals surface area contributed by atoms with E-state index in [4.69, 9.17) is 4.74 Å². The summed E-state index contributed by atoms with van der Waals surface area (Å²) in [5.41, 5.74) is -3.55. The van der Waals surface area contributed by atoms with Crippen LogP contribution >= 0.6 is 0 Å². The minimum Gasteiger partial charge on any atom is -0.380 e. The molecule has 0 spiro atoms. The number of amides is 1. The summed E-state index contributed by atoms with van der Waals surface area (Å²) in [6.45, 7) is 0.0885. The average Bonchev–Trinajstić information content (AvgIpc) is 2.36. The van der Waals surface area contributed by atoms with E-state index in [0.717, 1.165) is 19.1 Å². The zero-order chi connectivity index (χ0) is 15.4. The number of carbonyl (C=O) groups is 1. The third kappa shape index (κ3) is 3.69. The summed E-state index contributed by atoms with van der Waals surface area (Å²) < 4.78 is 58.0. The summed E-state index contributed by atoms with van der Waals surface area (Å²) >= 11 is 0. The Morgan fingerprint density at radius 3 is 2.15 bits per heavy atom. The highest BCUT2D eigenvalue weighted by molar-refractivity contribution is 5.72.